The Hall–Kier alpha value is -2.32. The molecule has 1 aliphatic rings. The predicted molar refractivity (Wildman–Crippen MR) is 96.4 cm³/mol. The maximum absolute atomic E-state index is 5.08. The zero-order valence-corrected chi connectivity index (χ0v) is 15.4. The molecular weight excluding hydrogens is 330 g/mol. The van der Waals surface area contributed by atoms with E-state index in [1.807, 2.05) is 25.5 Å². The first-order valence-electron chi connectivity index (χ1n) is 9.17. The minimum atomic E-state index is 0.546. The van der Waals surface area contributed by atoms with Crippen molar-refractivity contribution in [3.63, 3.8) is 0 Å². The standard InChI is InChI=1S/C18H25N7O/c1-14-21-17(22-26-14)13-23(2)15-4-3-7-24(8-5-15)12-16-10-20-18-11-19-6-9-25(16)18/h6,9-11,15H,3-5,7-8,12-13H2,1-2H3/t15-/m0/s1. The van der Waals surface area contributed by atoms with E-state index >= 15 is 0 Å². The van der Waals surface area contributed by atoms with Crippen LogP contribution in [0.25, 0.3) is 5.65 Å². The van der Waals surface area contributed by atoms with Crippen molar-refractivity contribution in [2.45, 2.75) is 45.3 Å². The van der Waals surface area contributed by atoms with Crippen LogP contribution < -0.4 is 0 Å². The van der Waals surface area contributed by atoms with Crippen LogP contribution in [0, 0.1) is 6.92 Å². The lowest BCUT2D eigenvalue weighted by molar-refractivity contribution is 0.199. The van der Waals surface area contributed by atoms with Gasteiger partial charge < -0.3 is 4.52 Å². The van der Waals surface area contributed by atoms with E-state index in [2.05, 4.69) is 41.4 Å². The third kappa shape index (κ3) is 3.76. The summed E-state index contributed by atoms with van der Waals surface area (Å²) in [5, 5.41) is 4.01. The Bertz CT molecular complexity index is 858. The number of nitrogens with zero attached hydrogens (tertiary/aromatic N) is 7. The molecule has 138 valence electrons. The summed E-state index contributed by atoms with van der Waals surface area (Å²) in [6.45, 7) is 5.69. The largest absolute Gasteiger partial charge is 0.340 e. The molecule has 0 N–H and O–H groups in total. The molecule has 3 aromatic heterocycles. The molecule has 1 aliphatic heterocycles. The number of likely N-dealkylation sites (tertiary alicyclic amines) is 1. The lowest BCUT2D eigenvalue weighted by atomic mass is 10.1. The number of hydrogen-bond donors (Lipinski definition) is 0. The van der Waals surface area contributed by atoms with Gasteiger partial charge in [-0.1, -0.05) is 5.16 Å². The van der Waals surface area contributed by atoms with Gasteiger partial charge in [-0.25, -0.2) is 4.98 Å². The first kappa shape index (κ1) is 17.1. The van der Waals surface area contributed by atoms with Gasteiger partial charge in [0.2, 0.25) is 5.89 Å². The molecule has 4 heterocycles. The summed E-state index contributed by atoms with van der Waals surface area (Å²) in [6.07, 6.45) is 11.1. The highest BCUT2D eigenvalue weighted by atomic mass is 16.5. The molecule has 26 heavy (non-hydrogen) atoms. The molecule has 0 aliphatic carbocycles. The van der Waals surface area contributed by atoms with Crippen molar-refractivity contribution in [1.82, 2.24) is 34.3 Å². The van der Waals surface area contributed by atoms with E-state index in [1.165, 1.54) is 18.5 Å². The fraction of sp³-hybridized carbons (Fsp3) is 0.556. The molecule has 1 atom stereocenters. The van der Waals surface area contributed by atoms with Crippen LogP contribution in [0.4, 0.5) is 0 Å². The summed E-state index contributed by atoms with van der Waals surface area (Å²) >= 11 is 0. The van der Waals surface area contributed by atoms with E-state index in [0.717, 1.165) is 44.1 Å². The molecule has 0 radical (unpaired) electrons. The zero-order valence-electron chi connectivity index (χ0n) is 15.4. The highest BCUT2D eigenvalue weighted by Crippen LogP contribution is 2.19. The Morgan fingerprint density at radius 1 is 1.27 bits per heavy atom. The van der Waals surface area contributed by atoms with Gasteiger partial charge in [0.05, 0.1) is 24.6 Å². The predicted octanol–water partition coefficient (Wildman–Crippen LogP) is 1.91. The highest BCUT2D eigenvalue weighted by Gasteiger charge is 2.22. The quantitative estimate of drug-likeness (QED) is 0.692. The summed E-state index contributed by atoms with van der Waals surface area (Å²) in [5.74, 6) is 1.40. The lowest BCUT2D eigenvalue weighted by Crippen LogP contribution is -2.33. The van der Waals surface area contributed by atoms with Crippen molar-refractivity contribution in [1.29, 1.82) is 0 Å². The third-order valence-corrected chi connectivity index (χ3v) is 5.15. The van der Waals surface area contributed by atoms with E-state index in [-0.39, 0.29) is 0 Å². The molecule has 4 rings (SSSR count). The summed E-state index contributed by atoms with van der Waals surface area (Å²) in [7, 11) is 2.16. The van der Waals surface area contributed by atoms with Crippen molar-refractivity contribution in [2.75, 3.05) is 20.1 Å². The fourth-order valence-electron chi connectivity index (χ4n) is 3.74. The molecule has 3 aromatic rings. The van der Waals surface area contributed by atoms with Crippen LogP contribution in [0.2, 0.25) is 0 Å². The number of aromatic nitrogens is 5. The number of fused-ring (bicyclic) bond motifs is 1. The SMILES string of the molecule is Cc1nc(CN(C)[C@H]2CCCN(Cc3cnc4cnccn34)CC2)no1. The second kappa shape index (κ2) is 7.51. The van der Waals surface area contributed by atoms with Crippen LogP contribution in [0.1, 0.15) is 36.7 Å². The van der Waals surface area contributed by atoms with Crippen LogP contribution in [0.5, 0.6) is 0 Å². The van der Waals surface area contributed by atoms with Crippen molar-refractivity contribution >= 4 is 5.65 Å². The maximum atomic E-state index is 5.08. The van der Waals surface area contributed by atoms with E-state index in [9.17, 15) is 0 Å². The van der Waals surface area contributed by atoms with Crippen molar-refractivity contribution in [3.8, 4) is 0 Å². The number of imidazole rings is 1. The van der Waals surface area contributed by atoms with Gasteiger partial charge in [-0.15, -0.1) is 0 Å². The Labute approximate surface area is 152 Å². The summed E-state index contributed by atoms with van der Waals surface area (Å²) in [4.78, 5) is 17.8. The van der Waals surface area contributed by atoms with Crippen LogP contribution in [0.15, 0.2) is 29.3 Å². The van der Waals surface area contributed by atoms with Gasteiger partial charge in [0, 0.05) is 38.4 Å². The average Bonchev–Trinajstić information content (AvgIpc) is 3.15. The fourth-order valence-corrected chi connectivity index (χ4v) is 3.74. The minimum absolute atomic E-state index is 0.546. The highest BCUT2D eigenvalue weighted by molar-refractivity contribution is 5.36. The Morgan fingerprint density at radius 2 is 2.19 bits per heavy atom. The van der Waals surface area contributed by atoms with E-state index < -0.39 is 0 Å². The van der Waals surface area contributed by atoms with Gasteiger partial charge in [0.25, 0.3) is 0 Å². The molecule has 8 nitrogen and oxygen atoms in total. The van der Waals surface area contributed by atoms with Crippen LogP contribution in [-0.4, -0.2) is 60.5 Å². The van der Waals surface area contributed by atoms with Crippen LogP contribution in [-0.2, 0) is 13.1 Å². The van der Waals surface area contributed by atoms with E-state index in [0.29, 0.717) is 11.9 Å². The topological polar surface area (TPSA) is 75.6 Å². The maximum Gasteiger partial charge on any atom is 0.223 e. The molecular formula is C18H25N7O. The number of rotatable bonds is 5. The molecule has 0 spiro atoms. The molecule has 0 bridgehead atoms. The van der Waals surface area contributed by atoms with Gasteiger partial charge in [-0.05, 0) is 32.9 Å². The molecule has 1 fully saturated rings. The first-order chi connectivity index (χ1) is 12.7. The molecule has 8 heteroatoms. The van der Waals surface area contributed by atoms with Gasteiger partial charge in [0.1, 0.15) is 0 Å². The molecule has 0 saturated carbocycles. The molecule has 0 unspecified atom stereocenters. The molecule has 1 saturated heterocycles. The first-order valence-corrected chi connectivity index (χ1v) is 9.17. The summed E-state index contributed by atoms with van der Waals surface area (Å²) in [5.41, 5.74) is 2.13. The van der Waals surface area contributed by atoms with Crippen LogP contribution >= 0.6 is 0 Å². The van der Waals surface area contributed by atoms with Crippen molar-refractivity contribution in [2.24, 2.45) is 0 Å². The van der Waals surface area contributed by atoms with Crippen molar-refractivity contribution < 1.29 is 4.52 Å². The summed E-state index contributed by atoms with van der Waals surface area (Å²) < 4.78 is 7.20. The second-order valence-corrected chi connectivity index (χ2v) is 7.06. The van der Waals surface area contributed by atoms with E-state index in [1.54, 1.807) is 6.20 Å². The normalized spacial score (nSPS) is 19.3. The van der Waals surface area contributed by atoms with Crippen molar-refractivity contribution in [3.05, 3.63) is 42.2 Å². The van der Waals surface area contributed by atoms with E-state index in [4.69, 9.17) is 4.52 Å². The van der Waals surface area contributed by atoms with Gasteiger partial charge in [-0.3, -0.25) is 19.2 Å². The zero-order chi connectivity index (χ0) is 17.9. The third-order valence-electron chi connectivity index (χ3n) is 5.15. The monoisotopic (exact) mass is 355 g/mol. The van der Waals surface area contributed by atoms with Gasteiger partial charge in [0.15, 0.2) is 11.5 Å². The Kier molecular flexibility index (Phi) is 4.94. The summed E-state index contributed by atoms with van der Waals surface area (Å²) in [6, 6.07) is 0.546. The number of aryl methyl sites for hydroxylation is 1. The molecule has 0 aromatic carbocycles. The molecule has 0 amide bonds. The Balaban J connectivity index is 1.35. The second-order valence-electron chi connectivity index (χ2n) is 7.06. The number of hydrogen-bond acceptors (Lipinski definition) is 7. The lowest BCUT2D eigenvalue weighted by Gasteiger charge is -2.26. The smallest absolute Gasteiger partial charge is 0.223 e. The Morgan fingerprint density at radius 3 is 3.04 bits per heavy atom. The van der Waals surface area contributed by atoms with Gasteiger partial charge >= 0.3 is 0 Å². The minimum Gasteiger partial charge on any atom is -0.340 e. The van der Waals surface area contributed by atoms with Gasteiger partial charge in [-0.2, -0.15) is 4.98 Å². The van der Waals surface area contributed by atoms with Crippen LogP contribution in [0.3, 0.4) is 0 Å². The average molecular weight is 355 g/mol.